The summed E-state index contributed by atoms with van der Waals surface area (Å²) in [5.41, 5.74) is 0.497. The molecule has 0 aromatic rings. The average molecular weight is 459 g/mol. The van der Waals surface area contributed by atoms with Crippen LogP contribution in [0.5, 0.6) is 0 Å². The number of ketones is 1. The Morgan fingerprint density at radius 3 is 2.03 bits per heavy atom. The third kappa shape index (κ3) is 14.3. The zero-order chi connectivity index (χ0) is 24.2. The molecule has 0 heterocycles. The van der Waals surface area contributed by atoms with Gasteiger partial charge >= 0.3 is 5.97 Å². The molecule has 0 saturated heterocycles. The lowest BCUT2D eigenvalue weighted by Gasteiger charge is -2.17. The normalized spacial score (nSPS) is 18.6. The number of hydrogen-bond acceptors (Lipinski definition) is 2. The van der Waals surface area contributed by atoms with Gasteiger partial charge in [-0.25, -0.2) is 4.79 Å². The number of carboxylic acids is 1. The van der Waals surface area contributed by atoms with E-state index in [1.54, 1.807) is 12.2 Å². The highest BCUT2D eigenvalue weighted by Gasteiger charge is 2.28. The van der Waals surface area contributed by atoms with Crippen LogP contribution in [0.25, 0.3) is 0 Å². The van der Waals surface area contributed by atoms with Gasteiger partial charge < -0.3 is 5.11 Å². The van der Waals surface area contributed by atoms with Crippen molar-refractivity contribution in [2.24, 2.45) is 11.8 Å². The predicted octanol–water partition coefficient (Wildman–Crippen LogP) is 8.99. The highest BCUT2D eigenvalue weighted by atomic mass is 16.4. The molecule has 0 aromatic heterocycles. The SMILES string of the molecule is CCCCCCCCCCC(=CC=CCC[C@H]1C(=O)C=C[C@@H]1CCCCCCCC)C(=O)O. The predicted molar refractivity (Wildman–Crippen MR) is 140 cm³/mol. The van der Waals surface area contributed by atoms with Crippen LogP contribution in [0.3, 0.4) is 0 Å². The molecule has 1 N–H and O–H groups in total. The molecule has 0 spiro atoms. The summed E-state index contributed by atoms with van der Waals surface area (Å²) >= 11 is 0. The summed E-state index contributed by atoms with van der Waals surface area (Å²) in [5.74, 6) is -0.0256. The smallest absolute Gasteiger partial charge is 0.331 e. The van der Waals surface area contributed by atoms with E-state index in [-0.39, 0.29) is 11.7 Å². The van der Waals surface area contributed by atoms with E-state index in [0.717, 1.165) is 32.1 Å². The summed E-state index contributed by atoms with van der Waals surface area (Å²) in [6, 6.07) is 0. The van der Waals surface area contributed by atoms with E-state index in [2.05, 4.69) is 19.9 Å². The molecule has 0 amide bonds. The van der Waals surface area contributed by atoms with E-state index < -0.39 is 5.97 Å². The van der Waals surface area contributed by atoms with Crippen molar-refractivity contribution in [1.82, 2.24) is 0 Å². The van der Waals surface area contributed by atoms with Gasteiger partial charge in [0.15, 0.2) is 5.78 Å². The second-order valence-electron chi connectivity index (χ2n) is 9.82. The zero-order valence-corrected chi connectivity index (χ0v) is 21.5. The number of allylic oxidation sites excluding steroid dienone is 5. The van der Waals surface area contributed by atoms with Crippen molar-refractivity contribution in [1.29, 1.82) is 0 Å². The molecular weight excluding hydrogens is 408 g/mol. The summed E-state index contributed by atoms with van der Waals surface area (Å²) in [7, 11) is 0. The van der Waals surface area contributed by atoms with E-state index in [0.29, 0.717) is 17.9 Å². The van der Waals surface area contributed by atoms with Crippen molar-refractivity contribution >= 4 is 11.8 Å². The quantitative estimate of drug-likeness (QED) is 0.106. The first-order valence-electron chi connectivity index (χ1n) is 13.9. The first kappa shape index (κ1) is 29.4. The van der Waals surface area contributed by atoms with E-state index in [1.807, 2.05) is 12.2 Å². The summed E-state index contributed by atoms with van der Waals surface area (Å²) in [6.07, 6.45) is 30.5. The molecule has 0 unspecified atom stereocenters. The van der Waals surface area contributed by atoms with E-state index in [9.17, 15) is 14.7 Å². The van der Waals surface area contributed by atoms with Gasteiger partial charge in [-0.15, -0.1) is 0 Å². The molecule has 1 aliphatic rings. The molecule has 0 saturated carbocycles. The summed E-state index contributed by atoms with van der Waals surface area (Å²) in [5, 5.41) is 9.47. The summed E-state index contributed by atoms with van der Waals surface area (Å²) in [4.78, 5) is 23.8. The fraction of sp³-hybridized carbons (Fsp3) is 0.733. The lowest BCUT2D eigenvalue weighted by atomic mass is 9.86. The lowest BCUT2D eigenvalue weighted by molar-refractivity contribution is -0.132. The Bertz CT molecular complexity index is 614. The highest BCUT2D eigenvalue weighted by Crippen LogP contribution is 2.31. The second-order valence-corrected chi connectivity index (χ2v) is 9.82. The fourth-order valence-corrected chi connectivity index (χ4v) is 4.77. The first-order chi connectivity index (χ1) is 16.1. The Kier molecular flexibility index (Phi) is 17.6. The van der Waals surface area contributed by atoms with Gasteiger partial charge in [-0.3, -0.25) is 4.79 Å². The van der Waals surface area contributed by atoms with Gasteiger partial charge in [0.05, 0.1) is 0 Å². The molecule has 1 rings (SSSR count). The van der Waals surface area contributed by atoms with Crippen molar-refractivity contribution in [3.8, 4) is 0 Å². The number of carboxylic acid groups (broad SMARTS) is 1. The van der Waals surface area contributed by atoms with E-state index >= 15 is 0 Å². The van der Waals surface area contributed by atoms with Gasteiger partial charge in [-0.1, -0.05) is 122 Å². The third-order valence-electron chi connectivity index (χ3n) is 6.93. The molecule has 188 valence electrons. The van der Waals surface area contributed by atoms with Crippen LogP contribution < -0.4 is 0 Å². The maximum absolute atomic E-state index is 12.3. The minimum absolute atomic E-state index is 0.116. The molecule has 3 heteroatoms. The minimum atomic E-state index is -0.809. The third-order valence-corrected chi connectivity index (χ3v) is 6.93. The molecule has 0 fully saturated rings. The Balaban J connectivity index is 2.28. The Labute approximate surface area is 203 Å². The molecule has 0 aliphatic heterocycles. The van der Waals surface area contributed by atoms with Crippen LogP contribution in [0.2, 0.25) is 0 Å². The molecule has 0 radical (unpaired) electrons. The monoisotopic (exact) mass is 458 g/mol. The Hall–Kier alpha value is -1.64. The lowest BCUT2D eigenvalue weighted by Crippen LogP contribution is -2.15. The van der Waals surface area contributed by atoms with Crippen molar-refractivity contribution in [2.75, 3.05) is 0 Å². The molecule has 0 bridgehead atoms. The number of carbonyl (C=O) groups excluding carboxylic acids is 1. The fourth-order valence-electron chi connectivity index (χ4n) is 4.77. The van der Waals surface area contributed by atoms with Crippen LogP contribution in [0.1, 0.15) is 129 Å². The Morgan fingerprint density at radius 1 is 0.848 bits per heavy atom. The van der Waals surface area contributed by atoms with Crippen LogP contribution in [-0.2, 0) is 9.59 Å². The van der Waals surface area contributed by atoms with Gasteiger partial charge in [-0.2, -0.15) is 0 Å². The van der Waals surface area contributed by atoms with Crippen LogP contribution in [0, 0.1) is 11.8 Å². The number of aliphatic carboxylic acids is 1. The van der Waals surface area contributed by atoms with Crippen molar-refractivity contribution < 1.29 is 14.7 Å². The number of hydrogen-bond donors (Lipinski definition) is 1. The molecular formula is C30H50O3. The largest absolute Gasteiger partial charge is 0.478 e. The molecule has 3 nitrogen and oxygen atoms in total. The van der Waals surface area contributed by atoms with Crippen LogP contribution in [0.15, 0.2) is 36.0 Å². The maximum atomic E-state index is 12.3. The van der Waals surface area contributed by atoms with Gasteiger partial charge in [0, 0.05) is 11.5 Å². The maximum Gasteiger partial charge on any atom is 0.331 e. The average Bonchev–Trinajstić information content (AvgIpc) is 3.15. The van der Waals surface area contributed by atoms with Gasteiger partial charge in [-0.05, 0) is 44.1 Å². The standard InChI is InChI=1S/C30H50O3/c1-3-5-7-9-11-12-14-17-21-27(30(32)33)22-18-15-19-23-28-26(24-25-29(28)31)20-16-13-10-8-6-4-2/h15,18,22,24-26,28H,3-14,16-17,19-21,23H2,1-2H3,(H,32,33)/t26-,28+/m0/s1. The zero-order valence-electron chi connectivity index (χ0n) is 21.5. The topological polar surface area (TPSA) is 54.4 Å². The highest BCUT2D eigenvalue weighted by molar-refractivity contribution is 5.94. The molecule has 1 aliphatic carbocycles. The van der Waals surface area contributed by atoms with Crippen molar-refractivity contribution in [3.05, 3.63) is 36.0 Å². The summed E-state index contributed by atoms with van der Waals surface area (Å²) in [6.45, 7) is 4.47. The van der Waals surface area contributed by atoms with Crippen LogP contribution in [-0.4, -0.2) is 16.9 Å². The molecule has 0 aromatic carbocycles. The minimum Gasteiger partial charge on any atom is -0.478 e. The first-order valence-corrected chi connectivity index (χ1v) is 13.9. The van der Waals surface area contributed by atoms with Crippen LogP contribution >= 0.6 is 0 Å². The van der Waals surface area contributed by atoms with Gasteiger partial charge in [0.2, 0.25) is 0 Å². The molecule has 2 atom stereocenters. The van der Waals surface area contributed by atoms with Gasteiger partial charge in [0.1, 0.15) is 0 Å². The second kappa shape index (κ2) is 19.8. The molecule has 33 heavy (non-hydrogen) atoms. The van der Waals surface area contributed by atoms with Gasteiger partial charge in [0.25, 0.3) is 0 Å². The van der Waals surface area contributed by atoms with E-state index in [1.165, 1.54) is 77.0 Å². The number of rotatable bonds is 21. The number of unbranched alkanes of at least 4 members (excludes halogenated alkanes) is 12. The Morgan fingerprint density at radius 2 is 1.42 bits per heavy atom. The number of carbonyl (C=O) groups is 2. The van der Waals surface area contributed by atoms with E-state index in [4.69, 9.17) is 0 Å². The van der Waals surface area contributed by atoms with Crippen molar-refractivity contribution in [3.63, 3.8) is 0 Å². The van der Waals surface area contributed by atoms with Crippen molar-refractivity contribution in [2.45, 2.75) is 129 Å². The van der Waals surface area contributed by atoms with Crippen LogP contribution in [0.4, 0.5) is 0 Å². The summed E-state index contributed by atoms with van der Waals surface area (Å²) < 4.78 is 0.